The molecule has 10 nitrogen and oxygen atoms in total. The fourth-order valence-electron chi connectivity index (χ4n) is 3.47. The normalized spacial score (nSPS) is 16.4. The maximum absolute atomic E-state index is 13.4. The number of amides is 2. The van der Waals surface area contributed by atoms with Crippen LogP contribution in [0.1, 0.15) is 19.4 Å². The van der Waals surface area contributed by atoms with E-state index in [0.717, 1.165) is 0 Å². The fourth-order valence-corrected chi connectivity index (χ4v) is 5.08. The molecule has 1 heterocycles. The predicted molar refractivity (Wildman–Crippen MR) is 125 cm³/mol. The van der Waals surface area contributed by atoms with E-state index in [-0.39, 0.29) is 26.1 Å². The van der Waals surface area contributed by atoms with Crippen molar-refractivity contribution >= 4 is 27.6 Å². The van der Waals surface area contributed by atoms with Gasteiger partial charge in [0.05, 0.1) is 31.5 Å². The highest BCUT2D eigenvalue weighted by molar-refractivity contribution is 7.93. The second-order valence-electron chi connectivity index (χ2n) is 8.43. The number of ether oxygens (including phenoxy) is 2. The molecule has 2 N–H and O–H groups in total. The molecule has 1 fully saturated rings. The number of benzene rings is 1. The molecule has 1 saturated heterocycles. The third-order valence-corrected chi connectivity index (χ3v) is 8.16. The Kier molecular flexibility index (Phi) is 9.77. The van der Waals surface area contributed by atoms with Crippen LogP contribution in [0.15, 0.2) is 43.0 Å². The molecule has 0 bridgehead atoms. The Morgan fingerprint density at radius 3 is 2.41 bits per heavy atom. The van der Waals surface area contributed by atoms with Crippen molar-refractivity contribution in [1.82, 2.24) is 10.2 Å². The van der Waals surface area contributed by atoms with E-state index in [9.17, 15) is 27.9 Å². The van der Waals surface area contributed by atoms with E-state index in [1.54, 1.807) is 30.3 Å². The molecule has 0 radical (unpaired) electrons. The molecular formula is C23H32N2O8S. The molecule has 2 rings (SSSR count). The summed E-state index contributed by atoms with van der Waals surface area (Å²) in [7, 11) is -4.14. The lowest BCUT2D eigenvalue weighted by Gasteiger charge is -2.34. The zero-order chi connectivity index (χ0) is 25.4. The molecule has 34 heavy (non-hydrogen) atoms. The van der Waals surface area contributed by atoms with E-state index in [0.29, 0.717) is 18.8 Å². The van der Waals surface area contributed by atoms with Crippen LogP contribution in [0.25, 0.3) is 0 Å². The smallest absolute Gasteiger partial charge is 0.354 e. The molecule has 0 aromatic heterocycles. The van der Waals surface area contributed by atoms with Gasteiger partial charge in [0.15, 0.2) is 9.84 Å². The van der Waals surface area contributed by atoms with Crippen LogP contribution in [-0.4, -0.2) is 85.8 Å². The zero-order valence-electron chi connectivity index (χ0n) is 19.4. The van der Waals surface area contributed by atoms with E-state index in [2.05, 4.69) is 11.9 Å². The molecule has 2 amide bonds. The number of carboxylic acids is 1. The molecule has 0 spiro atoms. The molecule has 11 heteroatoms. The first-order chi connectivity index (χ1) is 16.0. The number of rotatable bonds is 12. The number of carboxylic acid groups (broad SMARTS) is 1. The monoisotopic (exact) mass is 496 g/mol. The minimum Gasteiger partial charge on any atom is -0.478 e. The summed E-state index contributed by atoms with van der Waals surface area (Å²) < 4.78 is 35.3. The Labute approximate surface area is 199 Å². The Morgan fingerprint density at radius 1 is 1.24 bits per heavy atom. The Hall–Kier alpha value is -2.76. The molecule has 0 aliphatic carbocycles. The highest BCUT2D eigenvalue weighted by Gasteiger charge is 2.46. The number of nitrogens with one attached hydrogen (secondary N) is 1. The van der Waals surface area contributed by atoms with Crippen LogP contribution in [0.5, 0.6) is 0 Å². The van der Waals surface area contributed by atoms with E-state index in [4.69, 9.17) is 9.47 Å². The lowest BCUT2D eigenvalue weighted by molar-refractivity contribution is -0.155. The van der Waals surface area contributed by atoms with Gasteiger partial charge in [0.25, 0.3) is 0 Å². The molecule has 1 aromatic carbocycles. The first-order valence-corrected chi connectivity index (χ1v) is 12.5. The van der Waals surface area contributed by atoms with Crippen LogP contribution in [0, 0.1) is 5.92 Å². The highest BCUT2D eigenvalue weighted by atomic mass is 32.2. The summed E-state index contributed by atoms with van der Waals surface area (Å²) in [5.74, 6) is -4.60. The van der Waals surface area contributed by atoms with Crippen LogP contribution in [-0.2, 0) is 40.1 Å². The maximum atomic E-state index is 13.4. The summed E-state index contributed by atoms with van der Waals surface area (Å²) >= 11 is 0. The molecule has 1 aliphatic rings. The Bertz CT molecular complexity index is 972. The SMILES string of the molecule is C=CCOC(NC(=O)[C@H](Cc1ccccc1)CS(=O)(=O)C(C)(C)C(=O)N1CCOCC1)C(=O)O. The van der Waals surface area contributed by atoms with E-state index in [1.807, 2.05) is 0 Å². The molecule has 0 saturated carbocycles. The van der Waals surface area contributed by atoms with Crippen molar-refractivity contribution in [2.45, 2.75) is 31.2 Å². The number of carbonyl (C=O) groups is 3. The van der Waals surface area contributed by atoms with Crippen LogP contribution in [0.3, 0.4) is 0 Å². The van der Waals surface area contributed by atoms with Crippen LogP contribution >= 0.6 is 0 Å². The topological polar surface area (TPSA) is 139 Å². The predicted octanol–water partition coefficient (Wildman–Crippen LogP) is 0.627. The lowest BCUT2D eigenvalue weighted by Crippen LogP contribution is -2.55. The van der Waals surface area contributed by atoms with Crippen molar-refractivity contribution in [2.24, 2.45) is 5.92 Å². The summed E-state index contributed by atoms with van der Waals surface area (Å²) in [5, 5.41) is 11.6. The summed E-state index contributed by atoms with van der Waals surface area (Å²) in [5.41, 5.74) is 0.689. The van der Waals surface area contributed by atoms with Gasteiger partial charge in [-0.1, -0.05) is 36.4 Å². The number of morpholine rings is 1. The molecular weight excluding hydrogens is 464 g/mol. The summed E-state index contributed by atoms with van der Waals surface area (Å²) in [6.45, 7) is 7.17. The lowest BCUT2D eigenvalue weighted by atomic mass is 10.00. The van der Waals surface area contributed by atoms with E-state index < -0.39 is 50.3 Å². The van der Waals surface area contributed by atoms with Gasteiger partial charge in [-0.3, -0.25) is 9.59 Å². The summed E-state index contributed by atoms with van der Waals surface area (Å²) in [6, 6.07) is 8.75. The standard InChI is InChI=1S/C23H32N2O8S/c1-4-12-33-20(21(27)28)24-19(26)18(15-17-8-6-5-7-9-17)16-34(30,31)23(2,3)22(29)25-10-13-32-14-11-25/h4-9,18,20H,1,10-16H2,2-3H3,(H,24,26)(H,27,28)/t18-,20?/m1/s1. The third-order valence-electron chi connectivity index (χ3n) is 5.59. The van der Waals surface area contributed by atoms with Gasteiger partial charge in [-0.2, -0.15) is 0 Å². The first kappa shape index (κ1) is 27.5. The zero-order valence-corrected chi connectivity index (χ0v) is 20.3. The van der Waals surface area contributed by atoms with Crippen LogP contribution in [0.2, 0.25) is 0 Å². The minimum absolute atomic E-state index is 0.0293. The number of sulfone groups is 1. The number of nitrogens with zero attached hydrogens (tertiary/aromatic N) is 1. The number of carbonyl (C=O) groups excluding carboxylic acids is 2. The van der Waals surface area contributed by atoms with Crippen molar-refractivity contribution in [1.29, 1.82) is 0 Å². The molecule has 2 atom stereocenters. The molecule has 1 aliphatic heterocycles. The first-order valence-electron chi connectivity index (χ1n) is 10.9. The van der Waals surface area contributed by atoms with Gasteiger partial charge >= 0.3 is 5.97 Å². The van der Waals surface area contributed by atoms with Crippen molar-refractivity contribution in [2.75, 3.05) is 38.7 Å². The average Bonchev–Trinajstić information content (AvgIpc) is 2.81. The van der Waals surface area contributed by atoms with Crippen molar-refractivity contribution in [3.63, 3.8) is 0 Å². The van der Waals surface area contributed by atoms with Gasteiger partial charge in [0.2, 0.25) is 18.0 Å². The van der Waals surface area contributed by atoms with Gasteiger partial charge in [-0.15, -0.1) is 6.58 Å². The average molecular weight is 497 g/mol. The van der Waals surface area contributed by atoms with Crippen LogP contribution < -0.4 is 5.32 Å². The van der Waals surface area contributed by atoms with Crippen molar-refractivity contribution in [3.05, 3.63) is 48.6 Å². The quantitative estimate of drug-likeness (QED) is 0.317. The van der Waals surface area contributed by atoms with Crippen molar-refractivity contribution < 1.29 is 37.4 Å². The minimum atomic E-state index is -4.14. The van der Waals surface area contributed by atoms with Gasteiger partial charge < -0.3 is 24.8 Å². The van der Waals surface area contributed by atoms with Gasteiger partial charge in [0, 0.05) is 13.1 Å². The Morgan fingerprint density at radius 2 is 1.85 bits per heavy atom. The summed E-state index contributed by atoms with van der Waals surface area (Å²) in [4.78, 5) is 39.0. The van der Waals surface area contributed by atoms with Gasteiger partial charge in [-0.25, -0.2) is 13.2 Å². The summed E-state index contributed by atoms with van der Waals surface area (Å²) in [6.07, 6.45) is -0.315. The second-order valence-corrected chi connectivity index (χ2v) is 11.0. The fraction of sp³-hybridized carbons (Fsp3) is 0.522. The second kappa shape index (κ2) is 12.1. The number of hydrogen-bond donors (Lipinski definition) is 2. The Balaban J connectivity index is 2.28. The molecule has 188 valence electrons. The number of hydrogen-bond acceptors (Lipinski definition) is 7. The third kappa shape index (κ3) is 7.12. The van der Waals surface area contributed by atoms with Crippen LogP contribution in [0.4, 0.5) is 0 Å². The van der Waals surface area contributed by atoms with E-state index in [1.165, 1.54) is 24.8 Å². The maximum Gasteiger partial charge on any atom is 0.354 e. The van der Waals surface area contributed by atoms with Gasteiger partial charge in [0.1, 0.15) is 4.75 Å². The molecule has 1 aromatic rings. The van der Waals surface area contributed by atoms with Crippen molar-refractivity contribution in [3.8, 4) is 0 Å². The van der Waals surface area contributed by atoms with E-state index >= 15 is 0 Å². The highest BCUT2D eigenvalue weighted by Crippen LogP contribution is 2.25. The van der Waals surface area contributed by atoms with Gasteiger partial charge in [-0.05, 0) is 25.8 Å². The largest absolute Gasteiger partial charge is 0.478 e. The number of aliphatic carboxylic acids is 1. The molecule has 1 unspecified atom stereocenters.